The largest absolute Gasteiger partial charge is 1.00 e. The smallest absolute Gasteiger partial charge is 0.231 e. The van der Waals surface area contributed by atoms with Crippen LogP contribution in [0.2, 0.25) is 0 Å². The summed E-state index contributed by atoms with van der Waals surface area (Å²) in [7, 11) is 1.73. The van der Waals surface area contributed by atoms with Crippen molar-refractivity contribution in [2.45, 2.75) is 45.6 Å². The Bertz CT molecular complexity index is 1400. The second-order valence-corrected chi connectivity index (χ2v) is 10.6. The lowest BCUT2D eigenvalue weighted by Crippen LogP contribution is -3.06. The summed E-state index contributed by atoms with van der Waals surface area (Å²) < 4.78 is 23.7. The molecule has 0 spiro atoms. The molecule has 0 radical (unpaired) electrons. The first-order valence-corrected chi connectivity index (χ1v) is 13.6. The molecule has 0 amide bonds. The molecule has 204 valence electrons. The van der Waals surface area contributed by atoms with Crippen LogP contribution < -0.4 is 26.8 Å². The Hall–Kier alpha value is -3.25. The monoisotopic (exact) mass is 545 g/mol. The van der Waals surface area contributed by atoms with Crippen LogP contribution >= 0.6 is 0 Å². The number of ether oxygens (including phenoxy) is 4. The molecule has 1 N–H and O–H groups in total. The van der Waals surface area contributed by atoms with Crippen LogP contribution in [0.3, 0.4) is 0 Å². The van der Waals surface area contributed by atoms with E-state index in [9.17, 15) is 0 Å². The van der Waals surface area contributed by atoms with Crippen LogP contribution in [0.4, 0.5) is 0 Å². The van der Waals surface area contributed by atoms with Crippen molar-refractivity contribution in [1.82, 2.24) is 0 Å². The summed E-state index contributed by atoms with van der Waals surface area (Å²) in [5, 5.41) is 0. The molecule has 0 saturated carbocycles. The summed E-state index contributed by atoms with van der Waals surface area (Å²) >= 11 is 0. The van der Waals surface area contributed by atoms with Gasteiger partial charge in [-0.25, -0.2) is 0 Å². The van der Waals surface area contributed by atoms with E-state index in [-0.39, 0.29) is 25.3 Å². The van der Waals surface area contributed by atoms with Gasteiger partial charge in [0.15, 0.2) is 11.5 Å². The Kier molecular flexibility index (Phi) is 8.03. The number of fused-ring (bicyclic) bond motifs is 5. The summed E-state index contributed by atoms with van der Waals surface area (Å²) in [6.45, 7) is 8.29. The Morgan fingerprint density at radius 1 is 1.08 bits per heavy atom. The van der Waals surface area contributed by atoms with Gasteiger partial charge >= 0.3 is 0 Å². The van der Waals surface area contributed by atoms with Gasteiger partial charge < -0.3 is 31.4 Å². The maximum Gasteiger partial charge on any atom is 0.231 e. The zero-order chi connectivity index (χ0) is 26.2. The highest BCUT2D eigenvalue weighted by Gasteiger charge is 2.40. The maximum atomic E-state index is 6.39. The van der Waals surface area contributed by atoms with Crippen LogP contribution in [0.25, 0.3) is 5.70 Å². The van der Waals surface area contributed by atoms with Gasteiger partial charge in [-0.05, 0) is 53.3 Å². The van der Waals surface area contributed by atoms with E-state index in [4.69, 9.17) is 18.9 Å². The van der Waals surface area contributed by atoms with Crippen LogP contribution in [-0.2, 0) is 22.3 Å². The Morgan fingerprint density at radius 3 is 2.56 bits per heavy atom. The molecule has 6 heteroatoms. The number of halogens is 1. The first-order chi connectivity index (χ1) is 18.6. The van der Waals surface area contributed by atoms with E-state index < -0.39 is 0 Å². The van der Waals surface area contributed by atoms with Crippen LogP contribution in [0, 0.1) is 0 Å². The van der Waals surface area contributed by atoms with Crippen LogP contribution in [-0.4, -0.2) is 33.2 Å². The van der Waals surface area contributed by atoms with Gasteiger partial charge in [-0.1, -0.05) is 56.3 Å². The molecule has 0 fully saturated rings. The quantitative estimate of drug-likeness (QED) is 0.542. The third-order valence-corrected chi connectivity index (χ3v) is 7.93. The SMILES string of the molecule is C/C=C/COC1C(OC)=CC=C2C1=C[NH+]1CCc3cc4c(cc3C1=C2Cc1ccc(C(C)C)cc1)OCO4.[Cl-]. The number of benzene rings is 2. The highest BCUT2D eigenvalue weighted by molar-refractivity contribution is 5.77. The molecule has 0 bridgehead atoms. The molecule has 2 unspecified atom stereocenters. The molecule has 1 aliphatic carbocycles. The van der Waals surface area contributed by atoms with Gasteiger partial charge in [0.1, 0.15) is 23.8 Å². The Balaban J connectivity index is 0.00000308. The van der Waals surface area contributed by atoms with E-state index in [0.29, 0.717) is 12.5 Å². The molecular weight excluding hydrogens is 510 g/mol. The number of allylic oxidation sites excluding steroid dienone is 4. The zero-order valence-corrected chi connectivity index (χ0v) is 23.8. The minimum Gasteiger partial charge on any atom is -1.00 e. The third-order valence-electron chi connectivity index (χ3n) is 7.93. The van der Waals surface area contributed by atoms with Gasteiger partial charge in [-0.15, -0.1) is 0 Å². The van der Waals surface area contributed by atoms with Crippen molar-refractivity contribution in [1.29, 1.82) is 0 Å². The van der Waals surface area contributed by atoms with Crippen molar-refractivity contribution in [2.24, 2.45) is 0 Å². The summed E-state index contributed by atoms with van der Waals surface area (Å²) in [5.74, 6) is 3.04. The minimum absolute atomic E-state index is 0. The molecule has 3 heterocycles. The van der Waals surface area contributed by atoms with Crippen molar-refractivity contribution in [3.63, 3.8) is 0 Å². The van der Waals surface area contributed by atoms with E-state index in [1.165, 1.54) is 49.6 Å². The Labute approximate surface area is 237 Å². The summed E-state index contributed by atoms with van der Waals surface area (Å²) in [5.41, 5.74) is 10.3. The molecular formula is C33H36ClNO4. The van der Waals surface area contributed by atoms with E-state index in [2.05, 4.69) is 68.6 Å². The number of methoxy groups -OCH3 is 1. The third kappa shape index (κ3) is 5.07. The lowest BCUT2D eigenvalue weighted by Gasteiger charge is -2.36. The average molecular weight is 546 g/mol. The van der Waals surface area contributed by atoms with Crippen LogP contribution in [0.5, 0.6) is 11.5 Å². The average Bonchev–Trinajstić information content (AvgIpc) is 3.39. The highest BCUT2D eigenvalue weighted by Crippen LogP contribution is 2.42. The first kappa shape index (κ1) is 27.3. The summed E-state index contributed by atoms with van der Waals surface area (Å²) in [6, 6.07) is 13.5. The Morgan fingerprint density at radius 2 is 1.85 bits per heavy atom. The topological polar surface area (TPSA) is 41.4 Å². The number of hydrogen-bond acceptors (Lipinski definition) is 4. The molecule has 4 aliphatic rings. The van der Waals surface area contributed by atoms with Crippen LogP contribution in [0.15, 0.2) is 89.4 Å². The fourth-order valence-electron chi connectivity index (χ4n) is 5.89. The number of nitrogens with one attached hydrogen (secondary N) is 1. The minimum atomic E-state index is -0.235. The van der Waals surface area contributed by atoms with Gasteiger partial charge in [0, 0.05) is 29.6 Å². The van der Waals surface area contributed by atoms with Crippen molar-refractivity contribution in [3.8, 4) is 11.5 Å². The van der Waals surface area contributed by atoms with Gasteiger partial charge in [0.25, 0.3) is 0 Å². The zero-order valence-electron chi connectivity index (χ0n) is 23.1. The lowest BCUT2D eigenvalue weighted by atomic mass is 9.79. The molecule has 5 nitrogen and oxygen atoms in total. The number of hydrogen-bond donors (Lipinski definition) is 1. The summed E-state index contributed by atoms with van der Waals surface area (Å²) in [6.07, 6.45) is 12.3. The molecule has 0 aromatic heterocycles. The standard InChI is InChI=1S/C33H35NO4.ClH/c1-5-6-15-36-33-28-19-34-14-13-24-17-30-31(38-20-37-30)18-26(24)32(34)27(25(28)11-12-29(33)35-4)16-22-7-9-23(10-8-22)21(2)3;/h5-12,17-19,21,33H,13-16,20H2,1-4H3;1H/b6-5+;. The molecule has 2 aromatic rings. The first-order valence-electron chi connectivity index (χ1n) is 13.6. The molecule has 39 heavy (non-hydrogen) atoms. The molecule has 2 aromatic carbocycles. The fraction of sp³-hybridized carbons (Fsp3) is 0.333. The van der Waals surface area contributed by atoms with Crippen LogP contribution in [0.1, 0.15) is 48.9 Å². The summed E-state index contributed by atoms with van der Waals surface area (Å²) in [4.78, 5) is 1.36. The molecule has 0 saturated heterocycles. The molecule has 2 atom stereocenters. The predicted molar refractivity (Wildman–Crippen MR) is 149 cm³/mol. The van der Waals surface area contributed by atoms with Gasteiger partial charge in [-0.3, -0.25) is 4.90 Å². The normalized spacial score (nSPS) is 21.0. The van der Waals surface area contributed by atoms with E-state index in [0.717, 1.165) is 36.6 Å². The van der Waals surface area contributed by atoms with Gasteiger partial charge in [-0.2, -0.15) is 0 Å². The maximum absolute atomic E-state index is 6.39. The van der Waals surface area contributed by atoms with E-state index >= 15 is 0 Å². The van der Waals surface area contributed by atoms with E-state index in [1.807, 2.05) is 19.1 Å². The predicted octanol–water partition coefficient (Wildman–Crippen LogP) is 2.27. The van der Waals surface area contributed by atoms with E-state index in [1.54, 1.807) is 7.11 Å². The van der Waals surface area contributed by atoms with Crippen molar-refractivity contribution >= 4 is 5.70 Å². The molecule has 6 rings (SSSR count). The van der Waals surface area contributed by atoms with Gasteiger partial charge in [0.05, 0.1) is 20.3 Å². The van der Waals surface area contributed by atoms with Gasteiger partial charge in [0.2, 0.25) is 6.79 Å². The number of rotatable bonds is 7. The second kappa shape index (κ2) is 11.5. The molecule has 3 aliphatic heterocycles. The lowest BCUT2D eigenvalue weighted by molar-refractivity contribution is -0.771. The van der Waals surface area contributed by atoms with Crippen molar-refractivity contribution < 1.29 is 36.3 Å². The highest BCUT2D eigenvalue weighted by atomic mass is 35.5. The fourth-order valence-corrected chi connectivity index (χ4v) is 5.89. The van der Waals surface area contributed by atoms with Crippen molar-refractivity contribution in [3.05, 3.63) is 112 Å². The van der Waals surface area contributed by atoms with Crippen molar-refractivity contribution in [2.75, 3.05) is 27.1 Å². The second-order valence-electron chi connectivity index (χ2n) is 10.6. The number of quaternary nitrogens is 1.